The zero-order valence-corrected chi connectivity index (χ0v) is 33.2. The molecule has 2 heteroatoms. The molecule has 0 spiro atoms. The van der Waals surface area contributed by atoms with Crippen LogP contribution < -0.4 is 0 Å². The Morgan fingerprint density at radius 1 is 0.277 bits per heavy atom. The van der Waals surface area contributed by atoms with Gasteiger partial charge < -0.3 is 9.80 Å². The van der Waals surface area contributed by atoms with Crippen LogP contribution in [0.25, 0.3) is 0 Å². The van der Waals surface area contributed by atoms with Crippen molar-refractivity contribution in [1.82, 2.24) is 9.80 Å². The molecule has 280 valence electrons. The van der Waals surface area contributed by atoms with E-state index in [2.05, 4.69) is 43.0 Å². The van der Waals surface area contributed by atoms with Gasteiger partial charge in [0.05, 0.1) is 0 Å². The maximum absolute atomic E-state index is 2.72. The lowest BCUT2D eigenvalue weighted by molar-refractivity contribution is 0.135. The quantitative estimate of drug-likeness (QED) is 0.0606. The number of rotatable bonds is 39. The molecule has 0 bridgehead atoms. The molecule has 0 fully saturated rings. The molecule has 0 N–H and O–H groups in total. The van der Waals surface area contributed by atoms with E-state index in [0.29, 0.717) is 6.17 Å². The smallest absolute Gasteiger partial charge is 0.101 e. The molecule has 0 saturated carbocycles. The molecule has 1 aliphatic heterocycles. The van der Waals surface area contributed by atoms with E-state index in [1.54, 1.807) is 0 Å². The Morgan fingerprint density at radius 2 is 0.489 bits per heavy atom. The Kier molecular flexibility index (Phi) is 34.6. The molecule has 1 unspecified atom stereocenters. The molecule has 47 heavy (non-hydrogen) atoms. The van der Waals surface area contributed by atoms with E-state index in [1.165, 1.54) is 251 Å². The Bertz CT molecular complexity index is 615. The first kappa shape index (κ1) is 44.4. The van der Waals surface area contributed by atoms with Crippen LogP contribution in [0.15, 0.2) is 12.4 Å². The summed E-state index contributed by atoms with van der Waals surface area (Å²) in [5, 5.41) is 0. The molecule has 1 heterocycles. The highest BCUT2D eigenvalue weighted by Crippen LogP contribution is 2.24. The van der Waals surface area contributed by atoms with E-state index >= 15 is 0 Å². The van der Waals surface area contributed by atoms with Crippen LogP contribution in [0, 0.1) is 0 Å². The topological polar surface area (TPSA) is 6.48 Å². The summed E-state index contributed by atoms with van der Waals surface area (Å²) >= 11 is 0. The second kappa shape index (κ2) is 36.6. The van der Waals surface area contributed by atoms with Crippen molar-refractivity contribution in [2.45, 2.75) is 265 Å². The van der Waals surface area contributed by atoms with Gasteiger partial charge in [0.25, 0.3) is 0 Å². The molecule has 0 aliphatic carbocycles. The highest BCUT2D eigenvalue weighted by molar-refractivity contribution is 4.97. The van der Waals surface area contributed by atoms with Gasteiger partial charge in [0.1, 0.15) is 6.17 Å². The monoisotopic (exact) mass is 659 g/mol. The third kappa shape index (κ3) is 28.8. The molecule has 0 aromatic carbocycles. The summed E-state index contributed by atoms with van der Waals surface area (Å²) in [6.07, 6.45) is 58.9. The average Bonchev–Trinajstić information content (AvgIpc) is 3.47. The SMILES string of the molecule is CCCCCCCCCCCCCCCCCCN1C=CN(CCCCCCC)C1CCCCCCCCCCCCCCCCC. The molecular formula is C45H90N2. The van der Waals surface area contributed by atoms with Crippen LogP contribution in [0.5, 0.6) is 0 Å². The van der Waals surface area contributed by atoms with Crippen molar-refractivity contribution >= 4 is 0 Å². The largest absolute Gasteiger partial charge is 0.356 e. The zero-order chi connectivity index (χ0) is 33.7. The summed E-state index contributed by atoms with van der Waals surface area (Å²) < 4.78 is 0. The molecule has 1 rings (SSSR count). The fourth-order valence-corrected chi connectivity index (χ4v) is 7.78. The first-order chi connectivity index (χ1) is 23.3. The number of unbranched alkanes of at least 4 members (excludes halogenated alkanes) is 33. The molecule has 1 atom stereocenters. The maximum Gasteiger partial charge on any atom is 0.101 e. The van der Waals surface area contributed by atoms with Crippen molar-refractivity contribution < 1.29 is 0 Å². The first-order valence-corrected chi connectivity index (χ1v) is 22.5. The summed E-state index contributed by atoms with van der Waals surface area (Å²) in [5.41, 5.74) is 0. The number of hydrogen-bond donors (Lipinski definition) is 0. The highest BCUT2D eigenvalue weighted by Gasteiger charge is 2.24. The fraction of sp³-hybridized carbons (Fsp3) is 0.956. The van der Waals surface area contributed by atoms with Gasteiger partial charge in [0.15, 0.2) is 0 Å². The first-order valence-electron chi connectivity index (χ1n) is 22.5. The zero-order valence-electron chi connectivity index (χ0n) is 33.2. The molecule has 0 saturated heterocycles. The van der Waals surface area contributed by atoms with Gasteiger partial charge in [0, 0.05) is 25.5 Å². The minimum atomic E-state index is 0.638. The van der Waals surface area contributed by atoms with Gasteiger partial charge in [-0.25, -0.2) is 0 Å². The Labute approximate surface area is 299 Å². The minimum Gasteiger partial charge on any atom is -0.356 e. The number of hydrogen-bond acceptors (Lipinski definition) is 2. The molecule has 0 radical (unpaired) electrons. The Morgan fingerprint density at radius 3 is 0.745 bits per heavy atom. The van der Waals surface area contributed by atoms with Crippen LogP contribution in [-0.4, -0.2) is 29.1 Å². The molecule has 2 nitrogen and oxygen atoms in total. The lowest BCUT2D eigenvalue weighted by Gasteiger charge is -2.33. The van der Waals surface area contributed by atoms with Crippen molar-refractivity contribution in [2.75, 3.05) is 13.1 Å². The number of nitrogens with zero attached hydrogens (tertiary/aromatic N) is 2. The summed E-state index contributed by atoms with van der Waals surface area (Å²) in [5.74, 6) is 0. The van der Waals surface area contributed by atoms with E-state index in [-0.39, 0.29) is 0 Å². The van der Waals surface area contributed by atoms with Crippen LogP contribution in [0.1, 0.15) is 258 Å². The van der Waals surface area contributed by atoms with Gasteiger partial charge in [-0.3, -0.25) is 0 Å². The maximum atomic E-state index is 2.72. The minimum absolute atomic E-state index is 0.638. The van der Waals surface area contributed by atoms with E-state index in [4.69, 9.17) is 0 Å². The fourth-order valence-electron chi connectivity index (χ4n) is 7.78. The standard InChI is InChI=1S/C45H90N2/c1-4-7-10-13-15-17-19-21-23-25-27-29-31-33-36-39-42-47-44-43-46(41-38-35-12-9-6-3)45(47)40-37-34-32-30-28-26-24-22-20-18-16-14-11-8-5-2/h43-45H,4-42H2,1-3H3. The third-order valence-corrected chi connectivity index (χ3v) is 11.1. The Balaban J connectivity index is 2.10. The summed E-state index contributed by atoms with van der Waals surface area (Å²) in [7, 11) is 0. The molecule has 0 amide bonds. The van der Waals surface area contributed by atoms with Crippen molar-refractivity contribution in [3.63, 3.8) is 0 Å². The van der Waals surface area contributed by atoms with Gasteiger partial charge in [-0.2, -0.15) is 0 Å². The van der Waals surface area contributed by atoms with Crippen LogP contribution in [-0.2, 0) is 0 Å². The van der Waals surface area contributed by atoms with E-state index in [1.807, 2.05) is 0 Å². The average molecular weight is 659 g/mol. The van der Waals surface area contributed by atoms with Gasteiger partial charge in [-0.15, -0.1) is 0 Å². The van der Waals surface area contributed by atoms with Gasteiger partial charge >= 0.3 is 0 Å². The van der Waals surface area contributed by atoms with Crippen LogP contribution in [0.3, 0.4) is 0 Å². The highest BCUT2D eigenvalue weighted by atomic mass is 15.4. The predicted molar refractivity (Wildman–Crippen MR) is 214 cm³/mol. The van der Waals surface area contributed by atoms with E-state index in [9.17, 15) is 0 Å². The van der Waals surface area contributed by atoms with Crippen molar-refractivity contribution in [3.05, 3.63) is 12.4 Å². The van der Waals surface area contributed by atoms with Crippen LogP contribution in [0.4, 0.5) is 0 Å². The lowest BCUT2D eigenvalue weighted by atomic mass is 10.0. The van der Waals surface area contributed by atoms with Gasteiger partial charge in [0.2, 0.25) is 0 Å². The Hall–Kier alpha value is -0.660. The molecule has 1 aliphatic rings. The normalized spacial score (nSPS) is 14.7. The lowest BCUT2D eigenvalue weighted by Crippen LogP contribution is -2.39. The summed E-state index contributed by atoms with van der Waals surface area (Å²) in [6, 6.07) is 0. The second-order valence-corrected chi connectivity index (χ2v) is 15.7. The van der Waals surface area contributed by atoms with Gasteiger partial charge in [-0.05, 0) is 25.7 Å². The van der Waals surface area contributed by atoms with Crippen molar-refractivity contribution in [3.8, 4) is 0 Å². The summed E-state index contributed by atoms with van der Waals surface area (Å²) in [6.45, 7) is 9.48. The second-order valence-electron chi connectivity index (χ2n) is 15.7. The van der Waals surface area contributed by atoms with Gasteiger partial charge in [-0.1, -0.05) is 233 Å². The van der Waals surface area contributed by atoms with E-state index in [0.717, 1.165) is 0 Å². The van der Waals surface area contributed by atoms with Crippen molar-refractivity contribution in [1.29, 1.82) is 0 Å². The summed E-state index contributed by atoms with van der Waals surface area (Å²) in [4.78, 5) is 5.43. The molecular weight excluding hydrogens is 569 g/mol. The van der Waals surface area contributed by atoms with Crippen LogP contribution in [0.2, 0.25) is 0 Å². The molecule has 0 aromatic rings. The van der Waals surface area contributed by atoms with Crippen molar-refractivity contribution in [2.24, 2.45) is 0 Å². The van der Waals surface area contributed by atoms with Crippen LogP contribution >= 0.6 is 0 Å². The molecule has 0 aromatic heterocycles. The third-order valence-electron chi connectivity index (χ3n) is 11.1. The van der Waals surface area contributed by atoms with E-state index < -0.39 is 0 Å². The predicted octanol–water partition coefficient (Wildman–Crippen LogP) is 15.9.